The summed E-state index contributed by atoms with van der Waals surface area (Å²) in [7, 11) is 0. The molecule has 0 spiro atoms. The van der Waals surface area contributed by atoms with Crippen LogP contribution in [0.5, 0.6) is 5.75 Å². The molecule has 0 unspecified atom stereocenters. The van der Waals surface area contributed by atoms with Crippen LogP contribution in [0.25, 0.3) is 21.8 Å². The molecular weight excluding hydrogens is 290 g/mol. The van der Waals surface area contributed by atoms with E-state index in [1.807, 2.05) is 18.2 Å². The van der Waals surface area contributed by atoms with E-state index >= 15 is 0 Å². The summed E-state index contributed by atoms with van der Waals surface area (Å²) in [6, 6.07) is 14.5. The molecule has 0 amide bonds. The first kappa shape index (κ1) is 15.8. The van der Waals surface area contributed by atoms with Crippen molar-refractivity contribution in [2.24, 2.45) is 0 Å². The number of nitrogens with one attached hydrogen (secondary N) is 1. The van der Waals surface area contributed by atoms with Crippen molar-refractivity contribution in [2.75, 3.05) is 33.0 Å². The fraction of sp³-hybridized carbons (Fsp3) is 0.368. The van der Waals surface area contributed by atoms with Gasteiger partial charge in [0.2, 0.25) is 0 Å². The second kappa shape index (κ2) is 7.99. The molecule has 0 aliphatic carbocycles. The molecule has 4 heteroatoms. The zero-order valence-electron chi connectivity index (χ0n) is 13.5. The van der Waals surface area contributed by atoms with Crippen LogP contribution < -0.4 is 4.74 Å². The molecule has 0 aliphatic rings. The van der Waals surface area contributed by atoms with Gasteiger partial charge >= 0.3 is 0 Å². The van der Waals surface area contributed by atoms with Crippen molar-refractivity contribution in [3.8, 4) is 5.75 Å². The average molecular weight is 313 g/mol. The van der Waals surface area contributed by atoms with Crippen molar-refractivity contribution >= 4 is 21.8 Å². The van der Waals surface area contributed by atoms with Crippen LogP contribution >= 0.6 is 0 Å². The fourth-order valence-electron chi connectivity index (χ4n) is 2.61. The Hall–Kier alpha value is -2.04. The number of aromatic nitrogens is 1. The van der Waals surface area contributed by atoms with Crippen LogP contribution in [0.3, 0.4) is 0 Å². The number of rotatable bonds is 9. The Kier molecular flexibility index (Phi) is 5.51. The SMILES string of the molecule is CCCOCCOCCOc1ccc2c(c1)[nH]c1ccccc12. The maximum atomic E-state index is 5.75. The molecule has 2 aromatic carbocycles. The van der Waals surface area contributed by atoms with Gasteiger partial charge in [-0.2, -0.15) is 0 Å². The van der Waals surface area contributed by atoms with E-state index in [4.69, 9.17) is 14.2 Å². The van der Waals surface area contributed by atoms with Gasteiger partial charge < -0.3 is 19.2 Å². The lowest BCUT2D eigenvalue weighted by molar-refractivity contribution is 0.0366. The molecule has 1 N–H and O–H groups in total. The predicted molar refractivity (Wildman–Crippen MR) is 93.2 cm³/mol. The van der Waals surface area contributed by atoms with E-state index in [0.717, 1.165) is 29.8 Å². The Labute approximate surface area is 136 Å². The number of fused-ring (bicyclic) bond motifs is 3. The van der Waals surface area contributed by atoms with Gasteiger partial charge in [0.15, 0.2) is 0 Å². The second-order valence-electron chi connectivity index (χ2n) is 5.45. The monoisotopic (exact) mass is 313 g/mol. The van der Waals surface area contributed by atoms with Crippen molar-refractivity contribution in [2.45, 2.75) is 13.3 Å². The third kappa shape index (κ3) is 4.03. The second-order valence-corrected chi connectivity index (χ2v) is 5.45. The van der Waals surface area contributed by atoms with Crippen molar-refractivity contribution in [1.82, 2.24) is 4.98 Å². The summed E-state index contributed by atoms with van der Waals surface area (Å²) in [6.07, 6.45) is 1.04. The first-order chi connectivity index (χ1) is 11.4. The molecule has 4 nitrogen and oxygen atoms in total. The summed E-state index contributed by atoms with van der Waals surface area (Å²) in [6.45, 7) is 5.27. The highest BCUT2D eigenvalue weighted by Gasteiger charge is 2.04. The van der Waals surface area contributed by atoms with E-state index in [2.05, 4.69) is 36.2 Å². The van der Waals surface area contributed by atoms with E-state index in [1.54, 1.807) is 0 Å². The van der Waals surface area contributed by atoms with E-state index in [-0.39, 0.29) is 0 Å². The molecular formula is C19H23NO3. The largest absolute Gasteiger partial charge is 0.491 e. The summed E-state index contributed by atoms with van der Waals surface area (Å²) >= 11 is 0. The van der Waals surface area contributed by atoms with Gasteiger partial charge in [0.25, 0.3) is 0 Å². The summed E-state index contributed by atoms with van der Waals surface area (Å²) in [4.78, 5) is 3.42. The van der Waals surface area contributed by atoms with E-state index in [1.165, 1.54) is 10.8 Å². The molecule has 23 heavy (non-hydrogen) atoms. The molecule has 0 fully saturated rings. The zero-order chi connectivity index (χ0) is 15.9. The van der Waals surface area contributed by atoms with Gasteiger partial charge in [-0.3, -0.25) is 0 Å². The molecule has 3 rings (SSSR count). The number of hydrogen-bond acceptors (Lipinski definition) is 3. The molecule has 0 atom stereocenters. The lowest BCUT2D eigenvalue weighted by atomic mass is 10.1. The highest BCUT2D eigenvalue weighted by atomic mass is 16.5. The van der Waals surface area contributed by atoms with Crippen molar-refractivity contribution in [3.63, 3.8) is 0 Å². The van der Waals surface area contributed by atoms with Gasteiger partial charge in [0, 0.05) is 29.0 Å². The van der Waals surface area contributed by atoms with Gasteiger partial charge in [-0.25, -0.2) is 0 Å². The number of ether oxygens (including phenoxy) is 3. The van der Waals surface area contributed by atoms with Crippen LogP contribution in [0.4, 0.5) is 0 Å². The minimum absolute atomic E-state index is 0.541. The molecule has 0 saturated heterocycles. The van der Waals surface area contributed by atoms with Crippen LogP contribution in [-0.2, 0) is 9.47 Å². The molecule has 0 aliphatic heterocycles. The first-order valence-electron chi connectivity index (χ1n) is 8.17. The highest BCUT2D eigenvalue weighted by Crippen LogP contribution is 2.28. The first-order valence-corrected chi connectivity index (χ1v) is 8.17. The smallest absolute Gasteiger partial charge is 0.121 e. The number of benzene rings is 2. The number of H-pyrrole nitrogens is 1. The normalized spacial score (nSPS) is 11.3. The lowest BCUT2D eigenvalue weighted by Gasteiger charge is -2.07. The van der Waals surface area contributed by atoms with E-state index in [0.29, 0.717) is 26.4 Å². The van der Waals surface area contributed by atoms with Gasteiger partial charge in [0.05, 0.1) is 25.3 Å². The van der Waals surface area contributed by atoms with Crippen LogP contribution in [0.2, 0.25) is 0 Å². The quantitative estimate of drug-likeness (QED) is 0.604. The zero-order valence-corrected chi connectivity index (χ0v) is 13.5. The van der Waals surface area contributed by atoms with Crippen LogP contribution in [-0.4, -0.2) is 38.0 Å². The van der Waals surface area contributed by atoms with Crippen molar-refractivity contribution < 1.29 is 14.2 Å². The van der Waals surface area contributed by atoms with Gasteiger partial charge in [-0.15, -0.1) is 0 Å². The summed E-state index contributed by atoms with van der Waals surface area (Å²) < 4.78 is 16.6. The molecule has 1 aromatic heterocycles. The predicted octanol–water partition coefficient (Wildman–Crippen LogP) is 4.14. The molecule has 0 saturated carbocycles. The molecule has 0 bridgehead atoms. The van der Waals surface area contributed by atoms with Gasteiger partial charge in [0.1, 0.15) is 12.4 Å². The van der Waals surface area contributed by atoms with E-state index < -0.39 is 0 Å². The fourth-order valence-corrected chi connectivity index (χ4v) is 2.61. The molecule has 122 valence electrons. The van der Waals surface area contributed by atoms with Crippen LogP contribution in [0.1, 0.15) is 13.3 Å². The lowest BCUT2D eigenvalue weighted by Crippen LogP contribution is -2.11. The number of hydrogen-bond donors (Lipinski definition) is 1. The standard InChI is InChI=1S/C19H23NO3/c1-2-9-21-10-11-22-12-13-23-15-7-8-17-16-5-3-4-6-18(16)20-19(17)14-15/h3-8,14,20H,2,9-13H2,1H3. The summed E-state index contributed by atoms with van der Waals surface area (Å²) in [5.74, 6) is 0.856. The maximum Gasteiger partial charge on any atom is 0.121 e. The molecule has 3 aromatic rings. The van der Waals surface area contributed by atoms with Crippen molar-refractivity contribution in [3.05, 3.63) is 42.5 Å². The minimum Gasteiger partial charge on any atom is -0.491 e. The van der Waals surface area contributed by atoms with Gasteiger partial charge in [-0.05, 0) is 24.6 Å². The minimum atomic E-state index is 0.541. The van der Waals surface area contributed by atoms with Crippen LogP contribution in [0, 0.1) is 0 Å². The van der Waals surface area contributed by atoms with Gasteiger partial charge in [-0.1, -0.05) is 25.1 Å². The van der Waals surface area contributed by atoms with Crippen molar-refractivity contribution in [1.29, 1.82) is 0 Å². The Morgan fingerprint density at radius 1 is 0.783 bits per heavy atom. The Morgan fingerprint density at radius 2 is 1.52 bits per heavy atom. The topological polar surface area (TPSA) is 43.5 Å². The third-order valence-corrected chi connectivity index (χ3v) is 3.69. The Balaban J connectivity index is 1.50. The van der Waals surface area contributed by atoms with Crippen LogP contribution in [0.15, 0.2) is 42.5 Å². The summed E-state index contributed by atoms with van der Waals surface area (Å²) in [5.41, 5.74) is 2.24. The average Bonchev–Trinajstić information content (AvgIpc) is 2.95. The Bertz CT molecular complexity index is 751. The number of para-hydroxylation sites is 1. The van der Waals surface area contributed by atoms with E-state index in [9.17, 15) is 0 Å². The third-order valence-electron chi connectivity index (χ3n) is 3.69. The number of aromatic amines is 1. The highest BCUT2D eigenvalue weighted by molar-refractivity contribution is 6.07. The maximum absolute atomic E-state index is 5.75. The summed E-state index contributed by atoms with van der Waals surface area (Å²) in [5, 5.41) is 2.46. The molecule has 1 heterocycles. The molecule has 0 radical (unpaired) electrons. The Morgan fingerprint density at radius 3 is 2.39 bits per heavy atom.